The first-order valence-corrected chi connectivity index (χ1v) is 8.94. The van der Waals surface area contributed by atoms with E-state index in [-0.39, 0.29) is 19.0 Å². The third kappa shape index (κ3) is 3.59. The lowest BCUT2D eigenvalue weighted by Gasteiger charge is -2.24. The number of hydrogen-bond donors (Lipinski definition) is 1. The molecule has 3 aromatic rings. The molecular formula is C20H21N5O2. The average Bonchev–Trinajstić information content (AvgIpc) is 3.31. The van der Waals surface area contributed by atoms with E-state index in [0.29, 0.717) is 18.8 Å². The molecule has 2 aromatic carbocycles. The van der Waals surface area contributed by atoms with Gasteiger partial charge in [-0.3, -0.25) is 4.79 Å². The Morgan fingerprint density at radius 3 is 2.63 bits per heavy atom. The van der Waals surface area contributed by atoms with Crippen LogP contribution in [0, 0.1) is 6.92 Å². The number of rotatable bonds is 4. The SMILES string of the molecule is Cc1ccc(C2(O)CCN(C(=O)Cn3nnc(-c4ccccc4)n3)C2)cc1. The number of β-amino-alcohol motifs (C(OH)–C–C–N with tert-alkyl or cyclic N) is 1. The van der Waals surface area contributed by atoms with Gasteiger partial charge in [-0.1, -0.05) is 60.2 Å². The molecule has 1 saturated heterocycles. The van der Waals surface area contributed by atoms with E-state index in [9.17, 15) is 9.90 Å². The number of aryl methyl sites for hydroxylation is 1. The van der Waals surface area contributed by atoms with E-state index < -0.39 is 5.60 Å². The Morgan fingerprint density at radius 2 is 1.89 bits per heavy atom. The first-order chi connectivity index (χ1) is 13.0. The molecule has 0 saturated carbocycles. The lowest BCUT2D eigenvalue weighted by atomic mass is 9.92. The van der Waals surface area contributed by atoms with Gasteiger partial charge in [-0.2, -0.15) is 4.80 Å². The summed E-state index contributed by atoms with van der Waals surface area (Å²) in [5, 5.41) is 23.2. The van der Waals surface area contributed by atoms with E-state index in [0.717, 1.165) is 16.7 Å². The molecular weight excluding hydrogens is 342 g/mol. The summed E-state index contributed by atoms with van der Waals surface area (Å²) in [6.07, 6.45) is 0.516. The Morgan fingerprint density at radius 1 is 1.15 bits per heavy atom. The number of carbonyl (C=O) groups is 1. The van der Waals surface area contributed by atoms with E-state index >= 15 is 0 Å². The molecule has 4 rings (SSSR count). The van der Waals surface area contributed by atoms with E-state index in [4.69, 9.17) is 0 Å². The quantitative estimate of drug-likeness (QED) is 0.764. The van der Waals surface area contributed by atoms with Gasteiger partial charge in [0, 0.05) is 12.1 Å². The van der Waals surface area contributed by atoms with Crippen LogP contribution in [0.4, 0.5) is 0 Å². The third-order valence-electron chi connectivity index (χ3n) is 4.95. The largest absolute Gasteiger partial charge is 0.383 e. The fourth-order valence-corrected chi connectivity index (χ4v) is 3.34. The number of likely N-dealkylation sites (tertiary alicyclic amines) is 1. The number of aliphatic hydroxyl groups is 1. The summed E-state index contributed by atoms with van der Waals surface area (Å²) in [6, 6.07) is 17.3. The number of amides is 1. The molecule has 0 bridgehead atoms. The van der Waals surface area contributed by atoms with Gasteiger partial charge in [0.25, 0.3) is 0 Å². The molecule has 1 atom stereocenters. The van der Waals surface area contributed by atoms with E-state index in [1.165, 1.54) is 4.80 Å². The summed E-state index contributed by atoms with van der Waals surface area (Å²) in [6.45, 7) is 2.79. The Bertz CT molecular complexity index is 939. The highest BCUT2D eigenvalue weighted by Gasteiger charge is 2.39. The monoisotopic (exact) mass is 363 g/mol. The second-order valence-corrected chi connectivity index (χ2v) is 6.97. The van der Waals surface area contributed by atoms with Gasteiger partial charge < -0.3 is 10.0 Å². The molecule has 1 aliphatic heterocycles. The zero-order valence-corrected chi connectivity index (χ0v) is 15.1. The molecule has 1 unspecified atom stereocenters. The smallest absolute Gasteiger partial charge is 0.246 e. The number of hydrogen-bond acceptors (Lipinski definition) is 5. The first kappa shape index (κ1) is 17.4. The molecule has 0 aliphatic carbocycles. The molecule has 7 heteroatoms. The first-order valence-electron chi connectivity index (χ1n) is 8.94. The van der Waals surface area contributed by atoms with E-state index in [1.54, 1.807) is 4.90 Å². The lowest BCUT2D eigenvalue weighted by molar-refractivity contribution is -0.132. The zero-order valence-electron chi connectivity index (χ0n) is 15.1. The molecule has 0 spiro atoms. The highest BCUT2D eigenvalue weighted by atomic mass is 16.3. The number of tetrazole rings is 1. The minimum absolute atomic E-state index is 0.00378. The molecule has 1 aromatic heterocycles. The molecule has 27 heavy (non-hydrogen) atoms. The Kier molecular flexibility index (Phi) is 4.45. The minimum Gasteiger partial charge on any atom is -0.383 e. The highest BCUT2D eigenvalue weighted by molar-refractivity contribution is 5.76. The zero-order chi connectivity index (χ0) is 18.9. The maximum Gasteiger partial charge on any atom is 0.246 e. The van der Waals surface area contributed by atoms with Crippen LogP contribution in [0.5, 0.6) is 0 Å². The molecule has 1 aliphatic rings. The van der Waals surface area contributed by atoms with E-state index in [1.807, 2.05) is 61.5 Å². The predicted molar refractivity (Wildman–Crippen MR) is 99.5 cm³/mol. The summed E-state index contributed by atoms with van der Waals surface area (Å²) < 4.78 is 0. The molecule has 7 nitrogen and oxygen atoms in total. The number of aromatic nitrogens is 4. The van der Waals surface area contributed by atoms with Crippen molar-refractivity contribution in [2.75, 3.05) is 13.1 Å². The van der Waals surface area contributed by atoms with Crippen LogP contribution >= 0.6 is 0 Å². The van der Waals surface area contributed by atoms with E-state index in [2.05, 4.69) is 15.4 Å². The van der Waals surface area contributed by atoms with Gasteiger partial charge in [-0.15, -0.1) is 10.2 Å². The van der Waals surface area contributed by atoms with Crippen molar-refractivity contribution in [3.8, 4) is 11.4 Å². The Labute approximate surface area is 157 Å². The normalized spacial score (nSPS) is 19.4. The summed E-state index contributed by atoms with van der Waals surface area (Å²) >= 11 is 0. The standard InChI is InChI=1S/C20H21N5O2/c1-15-7-9-17(10-8-15)20(27)11-12-24(14-20)18(26)13-25-22-19(21-23-25)16-5-3-2-4-6-16/h2-10,27H,11-14H2,1H3. The van der Waals surface area contributed by atoms with Crippen molar-refractivity contribution >= 4 is 5.91 Å². The van der Waals surface area contributed by atoms with Crippen molar-refractivity contribution in [1.82, 2.24) is 25.1 Å². The van der Waals surface area contributed by atoms with Crippen molar-refractivity contribution in [1.29, 1.82) is 0 Å². The Balaban J connectivity index is 1.42. The van der Waals surface area contributed by atoms with Crippen LogP contribution in [-0.2, 0) is 16.9 Å². The fourth-order valence-electron chi connectivity index (χ4n) is 3.34. The average molecular weight is 363 g/mol. The molecule has 0 radical (unpaired) electrons. The summed E-state index contributed by atoms with van der Waals surface area (Å²) in [7, 11) is 0. The maximum absolute atomic E-state index is 12.6. The molecule has 2 heterocycles. The number of carbonyl (C=O) groups excluding carboxylic acids is 1. The Hall–Kier alpha value is -3.06. The summed E-state index contributed by atoms with van der Waals surface area (Å²) in [4.78, 5) is 15.6. The predicted octanol–water partition coefficient (Wildman–Crippen LogP) is 1.77. The van der Waals surface area contributed by atoms with Crippen LogP contribution in [0.25, 0.3) is 11.4 Å². The lowest BCUT2D eigenvalue weighted by Crippen LogP contribution is -2.36. The molecule has 1 fully saturated rings. The van der Waals surface area contributed by atoms with Gasteiger partial charge in [0.2, 0.25) is 11.7 Å². The van der Waals surface area contributed by atoms with Gasteiger partial charge in [-0.25, -0.2) is 0 Å². The highest BCUT2D eigenvalue weighted by Crippen LogP contribution is 2.32. The topological polar surface area (TPSA) is 84.1 Å². The van der Waals surface area contributed by atoms with Crippen LogP contribution < -0.4 is 0 Å². The van der Waals surface area contributed by atoms with Crippen LogP contribution in [0.3, 0.4) is 0 Å². The molecule has 138 valence electrons. The second kappa shape index (κ2) is 6.92. The second-order valence-electron chi connectivity index (χ2n) is 6.97. The number of nitrogens with zero attached hydrogens (tertiary/aromatic N) is 5. The molecule has 1 amide bonds. The van der Waals surface area contributed by atoms with Gasteiger partial charge in [0.05, 0.1) is 6.54 Å². The summed E-state index contributed by atoms with van der Waals surface area (Å²) in [5.74, 6) is 0.357. The third-order valence-corrected chi connectivity index (χ3v) is 4.95. The minimum atomic E-state index is -1.01. The van der Waals surface area contributed by atoms with Crippen molar-refractivity contribution in [2.45, 2.75) is 25.5 Å². The van der Waals surface area contributed by atoms with Crippen molar-refractivity contribution in [3.05, 3.63) is 65.7 Å². The van der Waals surface area contributed by atoms with Crippen LogP contribution in [0.2, 0.25) is 0 Å². The van der Waals surface area contributed by atoms with Crippen molar-refractivity contribution < 1.29 is 9.90 Å². The summed E-state index contributed by atoms with van der Waals surface area (Å²) in [5.41, 5.74) is 1.83. The van der Waals surface area contributed by atoms with Crippen molar-refractivity contribution in [2.24, 2.45) is 0 Å². The van der Waals surface area contributed by atoms with Crippen molar-refractivity contribution in [3.63, 3.8) is 0 Å². The van der Waals surface area contributed by atoms with Gasteiger partial charge in [0.1, 0.15) is 12.1 Å². The molecule has 1 N–H and O–H groups in total. The number of benzene rings is 2. The van der Waals surface area contributed by atoms with Gasteiger partial charge in [0.15, 0.2) is 0 Å². The van der Waals surface area contributed by atoms with Crippen LogP contribution in [0.1, 0.15) is 17.5 Å². The van der Waals surface area contributed by atoms with Crippen LogP contribution in [-0.4, -0.2) is 49.2 Å². The fraction of sp³-hybridized carbons (Fsp3) is 0.300. The van der Waals surface area contributed by atoms with Gasteiger partial charge >= 0.3 is 0 Å². The van der Waals surface area contributed by atoms with Gasteiger partial charge in [-0.05, 0) is 24.1 Å². The van der Waals surface area contributed by atoms with Crippen LogP contribution in [0.15, 0.2) is 54.6 Å². The maximum atomic E-state index is 12.6.